The summed E-state index contributed by atoms with van der Waals surface area (Å²) in [4.78, 5) is 35.6. The van der Waals surface area contributed by atoms with Crippen LogP contribution in [-0.2, 0) is 9.53 Å². The molecule has 2 heterocycles. The third kappa shape index (κ3) is 3.84. The van der Waals surface area contributed by atoms with Crippen LogP contribution in [0.3, 0.4) is 0 Å². The Labute approximate surface area is 142 Å². The number of nitrogens with one attached hydrogen (secondary N) is 1. The normalized spacial score (nSPS) is 22.3. The lowest BCUT2D eigenvalue weighted by Crippen LogP contribution is -2.48. The Bertz CT molecular complexity index is 639. The van der Waals surface area contributed by atoms with Crippen molar-refractivity contribution in [1.82, 2.24) is 19.8 Å². The first-order valence-corrected chi connectivity index (χ1v) is 8.70. The number of aromatic amines is 1. The van der Waals surface area contributed by atoms with Crippen molar-refractivity contribution in [2.45, 2.75) is 44.7 Å². The Hall–Kier alpha value is -1.73. The number of hydrogen-bond donors (Lipinski definition) is 1. The quantitative estimate of drug-likeness (QED) is 0.883. The summed E-state index contributed by atoms with van der Waals surface area (Å²) in [6.45, 7) is 3.60. The van der Waals surface area contributed by atoms with Crippen LogP contribution in [0, 0.1) is 6.92 Å². The molecule has 2 fully saturated rings. The highest BCUT2D eigenvalue weighted by molar-refractivity contribution is 5.79. The summed E-state index contributed by atoms with van der Waals surface area (Å²) in [5.41, 5.74) is 0.409. The lowest BCUT2D eigenvalue weighted by molar-refractivity contribution is -0.141. The molecule has 0 aromatic carbocycles. The number of hydrogen-bond acceptors (Lipinski definition) is 5. The van der Waals surface area contributed by atoms with Crippen LogP contribution in [0.15, 0.2) is 10.9 Å². The van der Waals surface area contributed by atoms with E-state index in [1.165, 1.54) is 31.7 Å². The molecule has 24 heavy (non-hydrogen) atoms. The van der Waals surface area contributed by atoms with Crippen LogP contribution in [0.1, 0.15) is 43.2 Å². The smallest absolute Gasteiger partial charge is 0.251 e. The number of likely N-dealkylation sites (N-methyl/N-ethyl adjacent to an activating group) is 1. The number of carbonyl (C=O) groups is 1. The minimum atomic E-state index is -0.288. The molecule has 3 rings (SSSR count). The predicted molar refractivity (Wildman–Crippen MR) is 89.8 cm³/mol. The van der Waals surface area contributed by atoms with Crippen LogP contribution in [0.4, 0.5) is 0 Å². The Balaban J connectivity index is 1.73. The second-order valence-corrected chi connectivity index (χ2v) is 6.79. The van der Waals surface area contributed by atoms with Crippen LogP contribution < -0.4 is 5.56 Å². The maximum absolute atomic E-state index is 12.8. The monoisotopic (exact) mass is 334 g/mol. The van der Waals surface area contributed by atoms with E-state index in [2.05, 4.69) is 14.9 Å². The van der Waals surface area contributed by atoms with Gasteiger partial charge in [-0.05, 0) is 26.8 Å². The molecule has 1 saturated heterocycles. The number of carbonyl (C=O) groups excluding carboxylic acids is 1. The molecule has 1 amide bonds. The summed E-state index contributed by atoms with van der Waals surface area (Å²) in [5.74, 6) is 0.635. The van der Waals surface area contributed by atoms with Gasteiger partial charge in [-0.2, -0.15) is 0 Å². The van der Waals surface area contributed by atoms with E-state index in [9.17, 15) is 9.59 Å². The predicted octanol–water partition coefficient (Wildman–Crippen LogP) is 0.853. The molecule has 1 unspecified atom stereocenters. The Morgan fingerprint density at radius 1 is 1.46 bits per heavy atom. The molecule has 1 aliphatic carbocycles. The standard InChI is InChI=1S/C17H26N4O3/c1-12-18-14(9-16(22)19-12)15-11-24-8-7-21(15)17(23)10-20(2)13-5-3-4-6-13/h9,13,15H,3-8,10-11H2,1-2H3,(H,18,19,22). The van der Waals surface area contributed by atoms with Gasteiger partial charge in [0.15, 0.2) is 0 Å². The third-order valence-corrected chi connectivity index (χ3v) is 5.00. The first kappa shape index (κ1) is 17.1. The number of aromatic nitrogens is 2. The van der Waals surface area contributed by atoms with Crippen molar-refractivity contribution in [2.75, 3.05) is 33.4 Å². The number of ether oxygens (including phenoxy) is 1. The zero-order valence-corrected chi connectivity index (χ0v) is 14.5. The number of nitrogens with zero attached hydrogens (tertiary/aromatic N) is 3. The highest BCUT2D eigenvalue weighted by Gasteiger charge is 2.31. The van der Waals surface area contributed by atoms with E-state index in [-0.39, 0.29) is 17.5 Å². The zero-order valence-electron chi connectivity index (χ0n) is 14.5. The number of amides is 1. The van der Waals surface area contributed by atoms with Gasteiger partial charge in [-0.15, -0.1) is 0 Å². The van der Waals surface area contributed by atoms with E-state index in [0.29, 0.717) is 43.9 Å². The highest BCUT2D eigenvalue weighted by atomic mass is 16.5. The van der Waals surface area contributed by atoms with Crippen molar-refractivity contribution < 1.29 is 9.53 Å². The summed E-state index contributed by atoms with van der Waals surface area (Å²) in [7, 11) is 2.03. The Kier molecular flexibility index (Phi) is 5.30. The maximum Gasteiger partial charge on any atom is 0.251 e. The van der Waals surface area contributed by atoms with Crippen molar-refractivity contribution in [3.8, 4) is 0 Å². The largest absolute Gasteiger partial charge is 0.377 e. The fourth-order valence-corrected chi connectivity index (χ4v) is 3.70. The molecule has 7 heteroatoms. The van der Waals surface area contributed by atoms with Gasteiger partial charge in [-0.25, -0.2) is 4.98 Å². The second kappa shape index (κ2) is 7.44. The summed E-state index contributed by atoms with van der Waals surface area (Å²) in [5, 5.41) is 0. The van der Waals surface area contributed by atoms with Gasteiger partial charge in [0.1, 0.15) is 5.82 Å². The third-order valence-electron chi connectivity index (χ3n) is 5.00. The first-order valence-electron chi connectivity index (χ1n) is 8.70. The summed E-state index contributed by atoms with van der Waals surface area (Å²) >= 11 is 0. The lowest BCUT2D eigenvalue weighted by atomic mass is 10.1. The summed E-state index contributed by atoms with van der Waals surface area (Å²) < 4.78 is 5.54. The molecule has 1 N–H and O–H groups in total. The minimum absolute atomic E-state index is 0.0810. The first-order chi connectivity index (χ1) is 11.5. The fourth-order valence-electron chi connectivity index (χ4n) is 3.70. The number of aryl methyl sites for hydroxylation is 1. The van der Waals surface area contributed by atoms with Crippen LogP contribution in [0.5, 0.6) is 0 Å². The zero-order chi connectivity index (χ0) is 17.1. The average molecular weight is 334 g/mol. The van der Waals surface area contributed by atoms with E-state index in [4.69, 9.17) is 4.74 Å². The molecular weight excluding hydrogens is 308 g/mol. The number of H-pyrrole nitrogens is 1. The van der Waals surface area contributed by atoms with Gasteiger partial charge in [0.05, 0.1) is 31.5 Å². The molecule has 0 bridgehead atoms. The minimum Gasteiger partial charge on any atom is -0.377 e. The molecule has 0 spiro atoms. The van der Waals surface area contributed by atoms with Crippen LogP contribution in [0.2, 0.25) is 0 Å². The Morgan fingerprint density at radius 3 is 2.92 bits per heavy atom. The fraction of sp³-hybridized carbons (Fsp3) is 0.706. The van der Waals surface area contributed by atoms with E-state index in [0.717, 1.165) is 0 Å². The van der Waals surface area contributed by atoms with Gasteiger partial charge in [0.25, 0.3) is 5.56 Å². The highest BCUT2D eigenvalue weighted by Crippen LogP contribution is 2.25. The summed E-state index contributed by atoms with van der Waals surface area (Å²) in [6, 6.07) is 1.69. The molecule has 7 nitrogen and oxygen atoms in total. The molecule has 132 valence electrons. The average Bonchev–Trinajstić information content (AvgIpc) is 3.08. The van der Waals surface area contributed by atoms with E-state index in [1.807, 2.05) is 11.9 Å². The number of morpholine rings is 1. The van der Waals surface area contributed by atoms with Gasteiger partial charge in [0.2, 0.25) is 5.91 Å². The Morgan fingerprint density at radius 2 is 2.21 bits per heavy atom. The van der Waals surface area contributed by atoms with E-state index < -0.39 is 0 Å². The van der Waals surface area contributed by atoms with Crippen molar-refractivity contribution in [3.05, 3.63) is 27.9 Å². The van der Waals surface area contributed by atoms with Crippen LogP contribution in [0.25, 0.3) is 0 Å². The maximum atomic E-state index is 12.8. The summed E-state index contributed by atoms with van der Waals surface area (Å²) in [6.07, 6.45) is 4.84. The van der Waals surface area contributed by atoms with Crippen molar-refractivity contribution in [1.29, 1.82) is 0 Å². The molecule has 1 aromatic heterocycles. The molecule has 1 aromatic rings. The van der Waals surface area contributed by atoms with Crippen LogP contribution >= 0.6 is 0 Å². The molecule has 2 aliphatic rings. The molecule has 1 saturated carbocycles. The number of rotatable bonds is 4. The van der Waals surface area contributed by atoms with Crippen molar-refractivity contribution in [3.63, 3.8) is 0 Å². The van der Waals surface area contributed by atoms with E-state index >= 15 is 0 Å². The second-order valence-electron chi connectivity index (χ2n) is 6.79. The van der Waals surface area contributed by atoms with Gasteiger partial charge in [-0.3, -0.25) is 14.5 Å². The molecular formula is C17H26N4O3. The molecule has 0 radical (unpaired) electrons. The molecule has 1 aliphatic heterocycles. The topological polar surface area (TPSA) is 78.5 Å². The molecule has 1 atom stereocenters. The van der Waals surface area contributed by atoms with Gasteiger partial charge in [0, 0.05) is 18.7 Å². The van der Waals surface area contributed by atoms with Crippen LogP contribution in [-0.4, -0.2) is 65.1 Å². The van der Waals surface area contributed by atoms with Gasteiger partial charge in [-0.1, -0.05) is 12.8 Å². The van der Waals surface area contributed by atoms with Crippen molar-refractivity contribution in [2.24, 2.45) is 0 Å². The van der Waals surface area contributed by atoms with E-state index in [1.54, 1.807) is 6.92 Å². The van der Waals surface area contributed by atoms with Gasteiger partial charge < -0.3 is 14.6 Å². The van der Waals surface area contributed by atoms with Crippen molar-refractivity contribution >= 4 is 5.91 Å². The lowest BCUT2D eigenvalue weighted by Gasteiger charge is -2.36. The SMILES string of the molecule is Cc1nc(C2COCCN2C(=O)CN(C)C2CCCC2)cc(=O)[nH]1. The van der Waals surface area contributed by atoms with Gasteiger partial charge >= 0.3 is 0 Å².